The summed E-state index contributed by atoms with van der Waals surface area (Å²) in [5, 5.41) is 2.81. The third-order valence-corrected chi connectivity index (χ3v) is 5.73. The van der Waals surface area contributed by atoms with Crippen LogP contribution in [0, 0.1) is 19.8 Å². The van der Waals surface area contributed by atoms with Crippen molar-refractivity contribution >= 4 is 21.6 Å². The Morgan fingerprint density at radius 3 is 2.29 bits per heavy atom. The lowest BCUT2D eigenvalue weighted by Crippen LogP contribution is -2.38. The standard InChI is InChI=1S/C21H28N2O4S/c1-14(2)13-22-21(24)17(5)27-18-9-11-19(12-10-18)28(25,26)23-20-8-6-7-15(3)16(20)4/h6-12,14,17,23H,13H2,1-5H3,(H,22,24)/t17-/m1/s1. The predicted octanol–water partition coefficient (Wildman–Crippen LogP) is 3.64. The number of anilines is 1. The maximum Gasteiger partial charge on any atom is 0.261 e. The van der Waals surface area contributed by atoms with Crippen molar-refractivity contribution in [2.24, 2.45) is 5.92 Å². The molecule has 0 aliphatic rings. The average molecular weight is 405 g/mol. The lowest BCUT2D eigenvalue weighted by Gasteiger charge is -2.16. The third kappa shape index (κ3) is 5.73. The fourth-order valence-corrected chi connectivity index (χ4v) is 3.59. The SMILES string of the molecule is Cc1cccc(NS(=O)(=O)c2ccc(O[C@H](C)C(=O)NCC(C)C)cc2)c1C. The molecule has 0 aromatic heterocycles. The van der Waals surface area contributed by atoms with Gasteiger partial charge in [-0.25, -0.2) is 8.42 Å². The molecule has 2 aromatic rings. The molecule has 0 bridgehead atoms. The second kappa shape index (κ2) is 9.10. The van der Waals surface area contributed by atoms with Crippen molar-refractivity contribution in [1.29, 1.82) is 0 Å². The molecule has 0 spiro atoms. The molecule has 0 radical (unpaired) electrons. The zero-order valence-electron chi connectivity index (χ0n) is 16.9. The van der Waals surface area contributed by atoms with Crippen LogP contribution in [-0.2, 0) is 14.8 Å². The summed E-state index contributed by atoms with van der Waals surface area (Å²) in [6.07, 6.45) is -0.672. The highest BCUT2D eigenvalue weighted by atomic mass is 32.2. The van der Waals surface area contributed by atoms with Crippen LogP contribution in [0.25, 0.3) is 0 Å². The quantitative estimate of drug-likeness (QED) is 0.703. The molecule has 0 saturated carbocycles. The highest BCUT2D eigenvalue weighted by Crippen LogP contribution is 2.23. The Labute approximate surface area is 167 Å². The van der Waals surface area contributed by atoms with Crippen molar-refractivity contribution in [1.82, 2.24) is 5.32 Å². The topological polar surface area (TPSA) is 84.5 Å². The van der Waals surface area contributed by atoms with E-state index < -0.39 is 16.1 Å². The normalized spacial score (nSPS) is 12.5. The number of nitrogens with one attached hydrogen (secondary N) is 2. The number of benzene rings is 2. The molecule has 0 aliphatic heterocycles. The van der Waals surface area contributed by atoms with Gasteiger partial charge in [-0.2, -0.15) is 0 Å². The lowest BCUT2D eigenvalue weighted by molar-refractivity contribution is -0.127. The van der Waals surface area contributed by atoms with Crippen molar-refractivity contribution < 1.29 is 17.9 Å². The number of aryl methyl sites for hydroxylation is 1. The van der Waals surface area contributed by atoms with E-state index in [1.807, 2.05) is 39.8 Å². The molecule has 1 amide bonds. The van der Waals surface area contributed by atoms with E-state index >= 15 is 0 Å². The van der Waals surface area contributed by atoms with Crippen molar-refractivity contribution in [3.8, 4) is 5.75 Å². The Kier molecular flexibility index (Phi) is 7.07. The van der Waals surface area contributed by atoms with Crippen LogP contribution < -0.4 is 14.8 Å². The van der Waals surface area contributed by atoms with Crippen molar-refractivity contribution in [2.45, 2.75) is 45.6 Å². The van der Waals surface area contributed by atoms with E-state index in [1.165, 1.54) is 12.1 Å². The van der Waals surface area contributed by atoms with Crippen molar-refractivity contribution in [2.75, 3.05) is 11.3 Å². The summed E-state index contributed by atoms with van der Waals surface area (Å²) >= 11 is 0. The second-order valence-corrected chi connectivity index (χ2v) is 8.91. The van der Waals surface area contributed by atoms with Crippen molar-refractivity contribution in [3.63, 3.8) is 0 Å². The summed E-state index contributed by atoms with van der Waals surface area (Å²) < 4.78 is 33.5. The minimum atomic E-state index is -3.72. The highest BCUT2D eigenvalue weighted by Gasteiger charge is 2.18. The summed E-state index contributed by atoms with van der Waals surface area (Å²) in [4.78, 5) is 12.1. The minimum absolute atomic E-state index is 0.123. The molecule has 28 heavy (non-hydrogen) atoms. The molecule has 1 atom stereocenters. The molecule has 7 heteroatoms. The molecule has 2 rings (SSSR count). The van der Waals surface area contributed by atoms with Gasteiger partial charge in [0, 0.05) is 6.54 Å². The zero-order chi connectivity index (χ0) is 20.9. The van der Waals surface area contributed by atoms with E-state index in [9.17, 15) is 13.2 Å². The Balaban J connectivity index is 2.06. The van der Waals surface area contributed by atoms with E-state index in [0.29, 0.717) is 23.9 Å². The smallest absolute Gasteiger partial charge is 0.261 e. The Morgan fingerprint density at radius 2 is 1.68 bits per heavy atom. The molecule has 0 fully saturated rings. The van der Waals surface area contributed by atoms with Gasteiger partial charge >= 0.3 is 0 Å². The van der Waals surface area contributed by atoms with E-state index in [1.54, 1.807) is 25.1 Å². The monoisotopic (exact) mass is 404 g/mol. The maximum absolute atomic E-state index is 12.6. The maximum atomic E-state index is 12.6. The molecule has 2 aromatic carbocycles. The fourth-order valence-electron chi connectivity index (χ4n) is 2.47. The molecule has 0 unspecified atom stereocenters. The zero-order valence-corrected chi connectivity index (χ0v) is 17.8. The number of carbonyl (C=O) groups is 1. The second-order valence-electron chi connectivity index (χ2n) is 7.22. The number of rotatable bonds is 8. The molecule has 6 nitrogen and oxygen atoms in total. The van der Waals surface area contributed by atoms with Gasteiger partial charge in [0.25, 0.3) is 15.9 Å². The minimum Gasteiger partial charge on any atom is -0.481 e. The summed E-state index contributed by atoms with van der Waals surface area (Å²) in [5.41, 5.74) is 2.44. The van der Waals surface area contributed by atoms with Crippen molar-refractivity contribution in [3.05, 3.63) is 53.6 Å². The van der Waals surface area contributed by atoms with Crippen LogP contribution in [0.4, 0.5) is 5.69 Å². The van der Waals surface area contributed by atoms with Crippen LogP contribution in [0.2, 0.25) is 0 Å². The number of sulfonamides is 1. The van der Waals surface area contributed by atoms with Crippen LogP contribution in [0.15, 0.2) is 47.4 Å². The van der Waals surface area contributed by atoms with Gasteiger partial charge in [0.2, 0.25) is 0 Å². The summed E-state index contributed by atoms with van der Waals surface area (Å²) in [6, 6.07) is 11.5. The van der Waals surface area contributed by atoms with E-state index in [2.05, 4.69) is 10.0 Å². The van der Waals surface area contributed by atoms with E-state index in [-0.39, 0.29) is 10.8 Å². The Bertz CT molecular complexity index is 922. The first-order valence-corrected chi connectivity index (χ1v) is 10.7. The molecule has 2 N–H and O–H groups in total. The van der Waals surface area contributed by atoms with Crippen LogP contribution in [0.1, 0.15) is 31.9 Å². The number of carbonyl (C=O) groups excluding carboxylic acids is 1. The van der Waals surface area contributed by atoms with Gasteiger partial charge in [-0.05, 0) is 68.1 Å². The highest BCUT2D eigenvalue weighted by molar-refractivity contribution is 7.92. The first-order chi connectivity index (χ1) is 13.1. The van der Waals surface area contributed by atoms with Gasteiger partial charge in [0.1, 0.15) is 5.75 Å². The summed E-state index contributed by atoms with van der Waals surface area (Å²) in [6.45, 7) is 10.1. The van der Waals surface area contributed by atoms with Gasteiger partial charge in [-0.15, -0.1) is 0 Å². The first-order valence-electron chi connectivity index (χ1n) is 9.23. The molecular weight excluding hydrogens is 376 g/mol. The van der Waals surface area contributed by atoms with Crippen LogP contribution in [0.3, 0.4) is 0 Å². The Hall–Kier alpha value is -2.54. The number of hydrogen-bond acceptors (Lipinski definition) is 4. The van der Waals surface area contributed by atoms with Gasteiger partial charge in [-0.1, -0.05) is 26.0 Å². The predicted molar refractivity (Wildman–Crippen MR) is 111 cm³/mol. The van der Waals surface area contributed by atoms with Gasteiger partial charge in [-0.3, -0.25) is 9.52 Å². The first kappa shape index (κ1) is 21.8. The van der Waals surface area contributed by atoms with Crippen LogP contribution in [-0.4, -0.2) is 27.0 Å². The van der Waals surface area contributed by atoms with Crippen LogP contribution in [0.5, 0.6) is 5.75 Å². The third-order valence-electron chi connectivity index (χ3n) is 4.35. The van der Waals surface area contributed by atoms with Gasteiger partial charge in [0.05, 0.1) is 10.6 Å². The summed E-state index contributed by atoms with van der Waals surface area (Å²) in [5.74, 6) is 0.574. The van der Waals surface area contributed by atoms with E-state index in [0.717, 1.165) is 11.1 Å². The number of amides is 1. The number of hydrogen-bond donors (Lipinski definition) is 2. The van der Waals surface area contributed by atoms with E-state index in [4.69, 9.17) is 4.74 Å². The Morgan fingerprint density at radius 1 is 1.04 bits per heavy atom. The van der Waals surface area contributed by atoms with Gasteiger partial charge < -0.3 is 10.1 Å². The molecular formula is C21H28N2O4S. The average Bonchev–Trinajstić information content (AvgIpc) is 2.63. The molecule has 152 valence electrons. The summed E-state index contributed by atoms with van der Waals surface area (Å²) in [7, 11) is -3.72. The largest absolute Gasteiger partial charge is 0.481 e. The number of ether oxygens (including phenoxy) is 1. The molecule has 0 heterocycles. The van der Waals surface area contributed by atoms with Gasteiger partial charge in [0.15, 0.2) is 6.10 Å². The molecule has 0 aliphatic carbocycles. The molecule has 0 saturated heterocycles. The van der Waals surface area contributed by atoms with Crippen LogP contribution >= 0.6 is 0 Å². The lowest BCUT2D eigenvalue weighted by atomic mass is 10.1. The fraction of sp³-hybridized carbons (Fsp3) is 0.381.